The number of carbonyl (C=O) groups is 4. The third-order valence-corrected chi connectivity index (χ3v) is 6.38. The van der Waals surface area contributed by atoms with Gasteiger partial charge in [0.15, 0.2) is 0 Å². The predicted molar refractivity (Wildman–Crippen MR) is 110 cm³/mol. The van der Waals surface area contributed by atoms with E-state index < -0.39 is 12.0 Å². The Hall–Kier alpha value is -2.42. The summed E-state index contributed by atoms with van der Waals surface area (Å²) in [7, 11) is 1.69. The SMILES string of the molecule is CC(=O)N1CC(CC(=C/C(=O)[O-])/C=C2\CCN(c3ccccc3)C2=O)C2C1C(=O)N2C.[Na+]. The van der Waals surface area contributed by atoms with Crippen molar-refractivity contribution in [2.45, 2.75) is 31.8 Å². The normalized spacial score (nSPS) is 26.2. The fourth-order valence-corrected chi connectivity index (χ4v) is 4.95. The van der Waals surface area contributed by atoms with Gasteiger partial charge in [-0.05, 0) is 36.6 Å². The van der Waals surface area contributed by atoms with Gasteiger partial charge < -0.3 is 24.6 Å². The maximum atomic E-state index is 12.9. The van der Waals surface area contributed by atoms with Crippen LogP contribution in [0.15, 0.2) is 53.6 Å². The first-order valence-electron chi connectivity index (χ1n) is 10.3. The summed E-state index contributed by atoms with van der Waals surface area (Å²) in [5.74, 6) is -1.88. The summed E-state index contributed by atoms with van der Waals surface area (Å²) < 4.78 is 0. The van der Waals surface area contributed by atoms with Crippen molar-refractivity contribution in [3.63, 3.8) is 0 Å². The second-order valence-electron chi connectivity index (χ2n) is 8.27. The quantitative estimate of drug-likeness (QED) is 0.275. The maximum absolute atomic E-state index is 12.9. The molecule has 3 aliphatic rings. The number of allylic oxidation sites excluding steroid dienone is 2. The third-order valence-electron chi connectivity index (χ3n) is 6.38. The number of amides is 3. The monoisotopic (exact) mass is 445 g/mol. The molecule has 8 nitrogen and oxygen atoms in total. The first-order chi connectivity index (χ1) is 14.8. The van der Waals surface area contributed by atoms with Gasteiger partial charge in [-0.2, -0.15) is 0 Å². The third kappa shape index (κ3) is 4.40. The standard InChI is InChI=1S/C23H25N3O5.Na/c1-14(27)26-13-17(20-21(26)23(31)24(20)2)11-15(12-19(28)29)10-16-8-9-25(22(16)30)18-6-4-3-5-7-18;/h3-7,10,12,17,20-21H,8-9,11,13H2,1-2H3,(H,28,29);/q;+1/p-1/b15-12+,16-10+;. The number of β-lactam (4-membered cyclic amide) rings is 1. The van der Waals surface area contributed by atoms with Crippen molar-refractivity contribution >= 4 is 29.4 Å². The first kappa shape index (κ1) is 24.2. The Labute approximate surface area is 208 Å². The minimum absolute atomic E-state index is 0. The molecule has 0 bridgehead atoms. The minimum atomic E-state index is -1.34. The average Bonchev–Trinajstić information content (AvgIpc) is 3.26. The zero-order valence-corrected chi connectivity index (χ0v) is 20.5. The van der Waals surface area contributed by atoms with Gasteiger partial charge in [0.1, 0.15) is 6.04 Å². The number of nitrogens with zero attached hydrogens (tertiary/aromatic N) is 3. The molecule has 0 spiro atoms. The van der Waals surface area contributed by atoms with Crippen LogP contribution in [0.25, 0.3) is 0 Å². The Balaban J connectivity index is 0.00000289. The van der Waals surface area contributed by atoms with E-state index in [1.165, 1.54) is 6.92 Å². The Morgan fingerprint density at radius 1 is 1.19 bits per heavy atom. The van der Waals surface area contributed by atoms with Crippen molar-refractivity contribution in [3.05, 3.63) is 53.6 Å². The number of hydrogen-bond acceptors (Lipinski definition) is 5. The molecule has 9 heteroatoms. The number of rotatable bonds is 5. The molecule has 1 aromatic rings. The van der Waals surface area contributed by atoms with Crippen LogP contribution in [0.1, 0.15) is 19.8 Å². The molecular formula is C23H24N3NaO5. The van der Waals surface area contributed by atoms with Gasteiger partial charge in [-0.3, -0.25) is 14.4 Å². The smallest absolute Gasteiger partial charge is 0.545 e. The summed E-state index contributed by atoms with van der Waals surface area (Å²) in [4.78, 5) is 53.2. The molecule has 4 rings (SSSR count). The van der Waals surface area contributed by atoms with E-state index in [1.54, 1.807) is 27.8 Å². The van der Waals surface area contributed by atoms with Crippen molar-refractivity contribution in [3.8, 4) is 0 Å². The van der Waals surface area contributed by atoms with Gasteiger partial charge in [-0.25, -0.2) is 0 Å². The second kappa shape index (κ2) is 9.60. The van der Waals surface area contributed by atoms with Gasteiger partial charge in [-0.1, -0.05) is 24.3 Å². The van der Waals surface area contributed by atoms with E-state index in [0.717, 1.165) is 11.8 Å². The van der Waals surface area contributed by atoms with Crippen LogP contribution in [0.3, 0.4) is 0 Å². The molecule has 0 saturated carbocycles. The van der Waals surface area contributed by atoms with Gasteiger partial charge >= 0.3 is 29.6 Å². The summed E-state index contributed by atoms with van der Waals surface area (Å²) >= 11 is 0. The molecule has 162 valence electrons. The summed E-state index contributed by atoms with van der Waals surface area (Å²) in [6, 6.07) is 8.68. The van der Waals surface area contributed by atoms with Crippen molar-refractivity contribution in [1.82, 2.24) is 9.80 Å². The van der Waals surface area contributed by atoms with Gasteiger partial charge in [0, 0.05) is 44.2 Å². The largest absolute Gasteiger partial charge is 1.00 e. The molecule has 3 unspecified atom stereocenters. The summed E-state index contributed by atoms with van der Waals surface area (Å²) in [5.41, 5.74) is 1.79. The van der Waals surface area contributed by atoms with E-state index >= 15 is 0 Å². The molecule has 3 amide bonds. The fraction of sp³-hybridized carbons (Fsp3) is 0.391. The number of carbonyl (C=O) groups excluding carboxylic acids is 4. The van der Waals surface area contributed by atoms with E-state index in [2.05, 4.69) is 0 Å². The number of benzene rings is 1. The number of likely N-dealkylation sites (tertiary alicyclic amines) is 2. The molecule has 1 aromatic carbocycles. The summed E-state index contributed by atoms with van der Waals surface area (Å²) in [6.07, 6.45) is 3.48. The molecule has 0 aromatic heterocycles. The number of aliphatic carboxylic acids is 1. The van der Waals surface area contributed by atoms with Crippen LogP contribution < -0.4 is 39.6 Å². The fourth-order valence-electron chi connectivity index (χ4n) is 4.95. The van der Waals surface area contributed by atoms with Gasteiger partial charge in [-0.15, -0.1) is 0 Å². The van der Waals surface area contributed by atoms with Gasteiger partial charge in [0.25, 0.3) is 5.91 Å². The number of likely N-dealkylation sites (N-methyl/N-ethyl adjacent to an activating group) is 1. The Kier molecular flexibility index (Phi) is 7.27. The Bertz CT molecular complexity index is 1010. The van der Waals surface area contributed by atoms with Crippen LogP contribution in [0.4, 0.5) is 5.69 Å². The van der Waals surface area contributed by atoms with E-state index in [9.17, 15) is 24.3 Å². The van der Waals surface area contributed by atoms with Gasteiger partial charge in [0.2, 0.25) is 11.8 Å². The zero-order chi connectivity index (χ0) is 22.3. The van der Waals surface area contributed by atoms with Crippen LogP contribution in [0.5, 0.6) is 0 Å². The van der Waals surface area contributed by atoms with E-state index in [1.807, 2.05) is 30.3 Å². The van der Waals surface area contributed by atoms with Crippen LogP contribution >= 0.6 is 0 Å². The predicted octanol–water partition coefficient (Wildman–Crippen LogP) is -2.89. The summed E-state index contributed by atoms with van der Waals surface area (Å²) in [5, 5.41) is 11.3. The maximum Gasteiger partial charge on any atom is 1.00 e. The number of carboxylic acids is 1. The number of anilines is 1. The molecule has 3 atom stereocenters. The molecule has 32 heavy (non-hydrogen) atoms. The molecule has 3 fully saturated rings. The zero-order valence-electron chi connectivity index (χ0n) is 18.5. The van der Waals surface area contributed by atoms with Crippen molar-refractivity contribution < 1.29 is 53.8 Å². The second-order valence-corrected chi connectivity index (χ2v) is 8.27. The molecular weight excluding hydrogens is 421 g/mol. The van der Waals surface area contributed by atoms with Crippen molar-refractivity contribution in [2.75, 3.05) is 25.0 Å². The van der Waals surface area contributed by atoms with Crippen molar-refractivity contribution in [2.24, 2.45) is 5.92 Å². The minimum Gasteiger partial charge on any atom is -0.545 e. The van der Waals surface area contributed by atoms with Crippen LogP contribution in [0, 0.1) is 5.92 Å². The molecule has 0 aliphatic carbocycles. The molecule has 3 saturated heterocycles. The Morgan fingerprint density at radius 2 is 1.88 bits per heavy atom. The molecule has 0 N–H and O–H groups in total. The number of para-hydroxylation sites is 1. The average molecular weight is 445 g/mol. The topological polar surface area (TPSA) is 101 Å². The van der Waals surface area contributed by atoms with E-state index in [-0.39, 0.29) is 59.2 Å². The van der Waals surface area contributed by atoms with E-state index in [0.29, 0.717) is 37.1 Å². The van der Waals surface area contributed by atoms with Crippen molar-refractivity contribution in [1.29, 1.82) is 0 Å². The van der Waals surface area contributed by atoms with Gasteiger partial charge in [0.05, 0.1) is 12.0 Å². The summed E-state index contributed by atoms with van der Waals surface area (Å²) in [6.45, 7) is 2.33. The van der Waals surface area contributed by atoms with E-state index in [4.69, 9.17) is 0 Å². The van der Waals surface area contributed by atoms with Crippen LogP contribution in [0.2, 0.25) is 0 Å². The van der Waals surface area contributed by atoms with Crippen LogP contribution in [-0.2, 0) is 19.2 Å². The molecule has 3 aliphatic heterocycles. The Morgan fingerprint density at radius 3 is 2.50 bits per heavy atom. The number of hydrogen-bond donors (Lipinski definition) is 0. The number of carboxylic acid groups (broad SMARTS) is 1. The molecule has 3 heterocycles. The van der Waals surface area contributed by atoms with Crippen LogP contribution in [-0.4, -0.2) is 65.7 Å². The first-order valence-corrected chi connectivity index (χ1v) is 10.3. The number of fused-ring (bicyclic) bond motifs is 1. The molecule has 0 radical (unpaired) electrons.